The van der Waals surface area contributed by atoms with E-state index >= 15 is 0 Å². The van der Waals surface area contributed by atoms with Gasteiger partial charge in [-0.15, -0.1) is 0 Å². The summed E-state index contributed by atoms with van der Waals surface area (Å²) in [4.78, 5) is 0. The summed E-state index contributed by atoms with van der Waals surface area (Å²) < 4.78 is 1.76. The van der Waals surface area contributed by atoms with Crippen LogP contribution in [0.3, 0.4) is 0 Å². The molecule has 3 heteroatoms. The molecule has 1 aromatic rings. The van der Waals surface area contributed by atoms with Crippen LogP contribution in [0, 0.1) is 11.3 Å². The number of nitrogens with zero attached hydrogens (tertiary/aromatic N) is 2. The van der Waals surface area contributed by atoms with Gasteiger partial charge in [0, 0.05) is 12.7 Å². The minimum absolute atomic E-state index is 0.357. The van der Waals surface area contributed by atoms with E-state index in [1.807, 2.05) is 6.92 Å². The number of aliphatic hydroxyl groups excluding tert-OH is 1. The van der Waals surface area contributed by atoms with Crippen molar-refractivity contribution in [3.8, 4) is 6.07 Å². The normalized spacial score (nSPS) is 12.4. The minimum Gasteiger partial charge on any atom is -0.391 e. The van der Waals surface area contributed by atoms with Gasteiger partial charge in [-0.3, -0.25) is 0 Å². The zero-order valence-electron chi connectivity index (χ0n) is 7.07. The Morgan fingerprint density at radius 3 is 3.08 bits per heavy atom. The average Bonchev–Trinajstić information content (AvgIpc) is 2.51. The molecule has 1 rings (SSSR count). The number of hydrogen-bond acceptors (Lipinski definition) is 2. The molecule has 0 aliphatic heterocycles. The summed E-state index contributed by atoms with van der Waals surface area (Å²) in [5, 5.41) is 18.0. The molecule has 1 aromatic heterocycles. The van der Waals surface area contributed by atoms with Gasteiger partial charge in [0.2, 0.25) is 0 Å². The van der Waals surface area contributed by atoms with E-state index in [2.05, 4.69) is 6.07 Å². The van der Waals surface area contributed by atoms with E-state index in [9.17, 15) is 5.11 Å². The quantitative estimate of drug-likeness (QED) is 0.728. The highest BCUT2D eigenvalue weighted by Gasteiger charge is 2.04. The molecule has 0 aliphatic rings. The number of rotatable bonds is 3. The van der Waals surface area contributed by atoms with Crippen molar-refractivity contribution < 1.29 is 5.11 Å². The lowest BCUT2D eigenvalue weighted by atomic mass is 10.3. The molecule has 0 radical (unpaired) electrons. The van der Waals surface area contributed by atoms with Gasteiger partial charge < -0.3 is 9.67 Å². The highest BCUT2D eigenvalue weighted by molar-refractivity contribution is 5.21. The largest absolute Gasteiger partial charge is 0.391 e. The molecule has 0 spiro atoms. The van der Waals surface area contributed by atoms with Crippen molar-refractivity contribution >= 4 is 0 Å². The van der Waals surface area contributed by atoms with Crippen LogP contribution in [-0.2, 0) is 6.54 Å². The van der Waals surface area contributed by atoms with Crippen LogP contribution in [0.1, 0.15) is 19.0 Å². The number of aromatic nitrogens is 1. The fourth-order valence-corrected chi connectivity index (χ4v) is 1.03. The fourth-order valence-electron chi connectivity index (χ4n) is 1.03. The third-order valence-electron chi connectivity index (χ3n) is 1.82. The van der Waals surface area contributed by atoms with E-state index in [1.54, 1.807) is 22.9 Å². The second kappa shape index (κ2) is 3.93. The summed E-state index contributed by atoms with van der Waals surface area (Å²) >= 11 is 0. The molecule has 64 valence electrons. The van der Waals surface area contributed by atoms with E-state index in [1.165, 1.54) is 0 Å². The Balaban J connectivity index is 2.69. The standard InChI is InChI=1S/C9H12N2O/c1-2-9(12)7-11-5-3-4-8(11)6-10/h3-5,9,12H,2,7H2,1H3. The monoisotopic (exact) mass is 164 g/mol. The molecule has 0 amide bonds. The predicted octanol–water partition coefficient (Wildman–Crippen LogP) is 1.13. The van der Waals surface area contributed by atoms with Gasteiger partial charge in [-0.05, 0) is 18.6 Å². The maximum Gasteiger partial charge on any atom is 0.120 e. The summed E-state index contributed by atoms with van der Waals surface area (Å²) in [6, 6.07) is 5.60. The Labute approximate surface area is 71.9 Å². The molecule has 12 heavy (non-hydrogen) atoms. The van der Waals surface area contributed by atoms with Crippen LogP contribution in [0.25, 0.3) is 0 Å². The molecular formula is C9H12N2O. The Kier molecular flexibility index (Phi) is 2.89. The van der Waals surface area contributed by atoms with Gasteiger partial charge in [0.1, 0.15) is 11.8 Å². The van der Waals surface area contributed by atoms with Crippen LogP contribution in [0.4, 0.5) is 0 Å². The molecular weight excluding hydrogens is 152 g/mol. The van der Waals surface area contributed by atoms with Gasteiger partial charge in [-0.2, -0.15) is 5.26 Å². The van der Waals surface area contributed by atoms with Crippen molar-refractivity contribution in [2.75, 3.05) is 0 Å². The molecule has 1 unspecified atom stereocenters. The van der Waals surface area contributed by atoms with Gasteiger partial charge in [0.05, 0.1) is 6.10 Å². The zero-order valence-corrected chi connectivity index (χ0v) is 7.07. The number of nitriles is 1. The van der Waals surface area contributed by atoms with E-state index in [0.717, 1.165) is 0 Å². The maximum atomic E-state index is 9.32. The molecule has 0 saturated heterocycles. The summed E-state index contributed by atoms with van der Waals surface area (Å²) in [7, 11) is 0. The molecule has 1 heterocycles. The maximum absolute atomic E-state index is 9.32. The van der Waals surface area contributed by atoms with Crippen LogP contribution < -0.4 is 0 Å². The van der Waals surface area contributed by atoms with E-state index in [-0.39, 0.29) is 6.10 Å². The summed E-state index contributed by atoms with van der Waals surface area (Å²) in [5.41, 5.74) is 0.600. The Bertz CT molecular complexity index is 285. The lowest BCUT2D eigenvalue weighted by Crippen LogP contribution is -2.14. The van der Waals surface area contributed by atoms with Gasteiger partial charge in [0.25, 0.3) is 0 Å². The first-order valence-electron chi connectivity index (χ1n) is 4.01. The first-order valence-corrected chi connectivity index (χ1v) is 4.01. The first kappa shape index (κ1) is 8.82. The average molecular weight is 164 g/mol. The molecule has 3 nitrogen and oxygen atoms in total. The molecule has 0 aromatic carbocycles. The van der Waals surface area contributed by atoms with Crippen molar-refractivity contribution in [3.05, 3.63) is 24.0 Å². The summed E-state index contributed by atoms with van der Waals surface area (Å²) in [5.74, 6) is 0. The molecule has 0 saturated carbocycles. The molecule has 0 aliphatic carbocycles. The van der Waals surface area contributed by atoms with E-state index in [0.29, 0.717) is 18.7 Å². The van der Waals surface area contributed by atoms with Crippen molar-refractivity contribution in [2.24, 2.45) is 0 Å². The topological polar surface area (TPSA) is 49.0 Å². The fraction of sp³-hybridized carbons (Fsp3) is 0.444. The Hall–Kier alpha value is -1.27. The van der Waals surface area contributed by atoms with Crippen molar-refractivity contribution in [1.82, 2.24) is 4.57 Å². The van der Waals surface area contributed by atoms with Crippen molar-refractivity contribution in [3.63, 3.8) is 0 Å². The Morgan fingerprint density at radius 2 is 2.50 bits per heavy atom. The van der Waals surface area contributed by atoms with E-state index < -0.39 is 0 Å². The molecule has 0 fully saturated rings. The van der Waals surface area contributed by atoms with Crippen LogP contribution in [-0.4, -0.2) is 15.8 Å². The molecule has 1 atom stereocenters. The number of aliphatic hydroxyl groups is 1. The molecule has 1 N–H and O–H groups in total. The Morgan fingerprint density at radius 1 is 1.75 bits per heavy atom. The highest BCUT2D eigenvalue weighted by Crippen LogP contribution is 2.03. The van der Waals surface area contributed by atoms with Gasteiger partial charge in [0.15, 0.2) is 0 Å². The van der Waals surface area contributed by atoms with E-state index in [4.69, 9.17) is 5.26 Å². The van der Waals surface area contributed by atoms with Crippen LogP contribution in [0.15, 0.2) is 18.3 Å². The summed E-state index contributed by atoms with van der Waals surface area (Å²) in [6.45, 7) is 2.42. The second-order valence-electron chi connectivity index (χ2n) is 2.72. The zero-order chi connectivity index (χ0) is 8.97. The molecule has 0 bridgehead atoms. The van der Waals surface area contributed by atoms with Crippen LogP contribution in [0.2, 0.25) is 0 Å². The first-order chi connectivity index (χ1) is 5.77. The van der Waals surface area contributed by atoms with Crippen molar-refractivity contribution in [1.29, 1.82) is 5.26 Å². The second-order valence-corrected chi connectivity index (χ2v) is 2.72. The predicted molar refractivity (Wildman–Crippen MR) is 45.4 cm³/mol. The number of hydrogen-bond donors (Lipinski definition) is 1. The lowest BCUT2D eigenvalue weighted by Gasteiger charge is -2.09. The third kappa shape index (κ3) is 1.86. The van der Waals surface area contributed by atoms with Crippen LogP contribution in [0.5, 0.6) is 0 Å². The smallest absolute Gasteiger partial charge is 0.120 e. The third-order valence-corrected chi connectivity index (χ3v) is 1.82. The van der Waals surface area contributed by atoms with Gasteiger partial charge in [-0.25, -0.2) is 0 Å². The van der Waals surface area contributed by atoms with Gasteiger partial charge >= 0.3 is 0 Å². The van der Waals surface area contributed by atoms with Crippen LogP contribution >= 0.6 is 0 Å². The van der Waals surface area contributed by atoms with Gasteiger partial charge in [-0.1, -0.05) is 6.92 Å². The van der Waals surface area contributed by atoms with Crippen molar-refractivity contribution in [2.45, 2.75) is 26.0 Å². The lowest BCUT2D eigenvalue weighted by molar-refractivity contribution is 0.150. The minimum atomic E-state index is -0.357. The SMILES string of the molecule is CCC(O)Cn1cccc1C#N. The summed E-state index contributed by atoms with van der Waals surface area (Å²) in [6.07, 6.45) is 2.16. The highest BCUT2D eigenvalue weighted by atomic mass is 16.3.